The Hall–Kier alpha value is -1.49. The van der Waals surface area contributed by atoms with Crippen LogP contribution in [0.4, 0.5) is 0 Å². The molecular weight excluding hydrogens is 294 g/mol. The minimum Gasteiger partial charge on any atom is -0.301 e. The number of rotatable bonds is 3. The van der Waals surface area contributed by atoms with Gasteiger partial charge in [0.25, 0.3) is 0 Å². The van der Waals surface area contributed by atoms with Gasteiger partial charge in [-0.2, -0.15) is 5.10 Å². The van der Waals surface area contributed by atoms with E-state index in [4.69, 9.17) is 0 Å². The van der Waals surface area contributed by atoms with E-state index < -0.39 is 5.54 Å². The summed E-state index contributed by atoms with van der Waals surface area (Å²) in [6.45, 7) is 5.61. The highest BCUT2D eigenvalue weighted by Crippen LogP contribution is 2.28. The van der Waals surface area contributed by atoms with Gasteiger partial charge >= 0.3 is 0 Å². The zero-order chi connectivity index (χ0) is 13.3. The lowest BCUT2D eigenvalue weighted by atomic mass is 10.1. The Labute approximate surface area is 114 Å². The third-order valence-electron chi connectivity index (χ3n) is 2.76. The van der Waals surface area contributed by atoms with Gasteiger partial charge in [-0.05, 0) is 54.4 Å². The fraction of sp³-hybridized carbons (Fsp3) is 0.308. The molecule has 2 aromatic rings. The fourth-order valence-electron chi connectivity index (χ4n) is 1.60. The first kappa shape index (κ1) is 13.0. The van der Waals surface area contributed by atoms with Crippen molar-refractivity contribution < 1.29 is 4.79 Å². The Morgan fingerprint density at radius 3 is 2.72 bits per heavy atom. The second-order valence-corrected chi connectivity index (χ2v) is 5.56. The smallest absolute Gasteiger partial charge is 0.147 e. The predicted octanol–water partition coefficient (Wildman–Crippen LogP) is 2.95. The van der Waals surface area contributed by atoms with Crippen molar-refractivity contribution in [1.82, 2.24) is 14.8 Å². The lowest BCUT2D eigenvalue weighted by Gasteiger charge is -2.17. The van der Waals surface area contributed by atoms with Gasteiger partial charge in [-0.1, -0.05) is 0 Å². The molecule has 0 atom stereocenters. The van der Waals surface area contributed by atoms with Crippen molar-refractivity contribution in [2.24, 2.45) is 0 Å². The van der Waals surface area contributed by atoms with Crippen molar-refractivity contribution in [3.8, 4) is 11.4 Å². The lowest BCUT2D eigenvalue weighted by molar-refractivity contribution is -0.114. The van der Waals surface area contributed by atoms with Crippen molar-refractivity contribution in [1.29, 1.82) is 0 Å². The van der Waals surface area contributed by atoms with Crippen molar-refractivity contribution >= 4 is 22.2 Å². The van der Waals surface area contributed by atoms with E-state index in [2.05, 4.69) is 26.0 Å². The van der Waals surface area contributed by atoms with Gasteiger partial charge in [-0.25, -0.2) is 0 Å². The second kappa shape index (κ2) is 4.65. The van der Waals surface area contributed by atoms with Crippen molar-refractivity contribution in [2.75, 3.05) is 0 Å². The van der Waals surface area contributed by atoms with E-state index in [0.29, 0.717) is 0 Å². The molecule has 0 aromatic carbocycles. The number of aromatic nitrogens is 3. The molecular formula is C13H14BrN3O. The van der Waals surface area contributed by atoms with E-state index in [9.17, 15) is 4.79 Å². The number of halogens is 1. The SMILES string of the molecule is Cc1cn(C(C)(C)C=O)nc1-c1ncccc1Br. The summed E-state index contributed by atoms with van der Waals surface area (Å²) in [5.41, 5.74) is 1.92. The molecule has 0 saturated heterocycles. The van der Waals surface area contributed by atoms with Crippen LogP contribution in [0.25, 0.3) is 11.4 Å². The molecule has 5 heteroatoms. The van der Waals surface area contributed by atoms with Crippen LogP contribution < -0.4 is 0 Å². The average Bonchev–Trinajstić information content (AvgIpc) is 2.73. The molecule has 2 heterocycles. The zero-order valence-electron chi connectivity index (χ0n) is 10.5. The molecule has 0 unspecified atom stereocenters. The summed E-state index contributed by atoms with van der Waals surface area (Å²) in [6, 6.07) is 3.78. The molecule has 0 radical (unpaired) electrons. The highest BCUT2D eigenvalue weighted by Gasteiger charge is 2.22. The largest absolute Gasteiger partial charge is 0.301 e. The molecule has 0 bridgehead atoms. The Balaban J connectivity index is 2.55. The number of hydrogen-bond donors (Lipinski definition) is 0. The van der Waals surface area contributed by atoms with Crippen molar-refractivity contribution in [3.05, 3.63) is 34.6 Å². The van der Waals surface area contributed by atoms with Crippen molar-refractivity contribution in [2.45, 2.75) is 26.3 Å². The van der Waals surface area contributed by atoms with E-state index in [-0.39, 0.29) is 0 Å². The molecule has 2 rings (SSSR count). The van der Waals surface area contributed by atoms with Gasteiger partial charge in [-0.3, -0.25) is 9.67 Å². The molecule has 4 nitrogen and oxygen atoms in total. The average molecular weight is 308 g/mol. The third kappa shape index (κ3) is 2.22. The molecule has 0 amide bonds. The zero-order valence-corrected chi connectivity index (χ0v) is 12.1. The molecule has 0 aliphatic rings. The van der Waals surface area contributed by atoms with Gasteiger partial charge < -0.3 is 4.79 Å². The predicted molar refractivity (Wildman–Crippen MR) is 73.3 cm³/mol. The van der Waals surface area contributed by atoms with Crippen LogP contribution in [-0.2, 0) is 10.3 Å². The normalized spacial score (nSPS) is 11.6. The first-order valence-electron chi connectivity index (χ1n) is 5.59. The van der Waals surface area contributed by atoms with Crippen LogP contribution in [0.5, 0.6) is 0 Å². The number of aryl methyl sites for hydroxylation is 1. The summed E-state index contributed by atoms with van der Waals surface area (Å²) in [5, 5.41) is 4.48. The van der Waals surface area contributed by atoms with Crippen LogP contribution in [0.15, 0.2) is 29.0 Å². The molecule has 2 aromatic heterocycles. The van der Waals surface area contributed by atoms with Gasteiger partial charge in [0.15, 0.2) is 0 Å². The summed E-state index contributed by atoms with van der Waals surface area (Å²) in [5.74, 6) is 0. The summed E-state index contributed by atoms with van der Waals surface area (Å²) in [6.07, 6.45) is 4.48. The van der Waals surface area contributed by atoms with Crippen LogP contribution in [-0.4, -0.2) is 21.1 Å². The third-order valence-corrected chi connectivity index (χ3v) is 3.40. The highest BCUT2D eigenvalue weighted by molar-refractivity contribution is 9.10. The van der Waals surface area contributed by atoms with Crippen LogP contribution >= 0.6 is 15.9 Å². The highest BCUT2D eigenvalue weighted by atomic mass is 79.9. The lowest BCUT2D eigenvalue weighted by Crippen LogP contribution is -2.28. The Kier molecular flexibility index (Phi) is 3.34. The topological polar surface area (TPSA) is 47.8 Å². The summed E-state index contributed by atoms with van der Waals surface area (Å²) < 4.78 is 2.56. The monoisotopic (exact) mass is 307 g/mol. The van der Waals surface area contributed by atoms with Gasteiger partial charge in [0.05, 0.1) is 0 Å². The molecule has 0 aliphatic carbocycles. The van der Waals surface area contributed by atoms with Gasteiger partial charge in [0, 0.05) is 16.9 Å². The van der Waals surface area contributed by atoms with Crippen molar-refractivity contribution in [3.63, 3.8) is 0 Å². The van der Waals surface area contributed by atoms with E-state index in [1.54, 1.807) is 10.9 Å². The van der Waals surface area contributed by atoms with Gasteiger partial charge in [0.1, 0.15) is 23.2 Å². The Morgan fingerprint density at radius 1 is 1.39 bits per heavy atom. The number of pyridine rings is 1. The molecule has 0 N–H and O–H groups in total. The fourth-order valence-corrected chi connectivity index (χ4v) is 2.05. The quantitative estimate of drug-likeness (QED) is 0.819. The maximum absolute atomic E-state index is 11.1. The molecule has 0 spiro atoms. The van der Waals surface area contributed by atoms with Crippen LogP contribution in [0.1, 0.15) is 19.4 Å². The number of carbonyl (C=O) groups excluding carboxylic acids is 1. The molecule has 0 saturated carbocycles. The molecule has 0 fully saturated rings. The van der Waals surface area contributed by atoms with Gasteiger partial charge in [-0.15, -0.1) is 0 Å². The van der Waals surface area contributed by atoms with E-state index in [1.807, 2.05) is 39.1 Å². The minimum absolute atomic E-state index is 0.649. The molecule has 94 valence electrons. The number of carbonyl (C=O) groups is 1. The summed E-state index contributed by atoms with van der Waals surface area (Å²) >= 11 is 3.46. The second-order valence-electron chi connectivity index (χ2n) is 4.71. The number of nitrogens with zero attached hydrogens (tertiary/aromatic N) is 3. The number of aldehydes is 1. The van der Waals surface area contributed by atoms with Crippen LogP contribution in [0.2, 0.25) is 0 Å². The standard InChI is InChI=1S/C13H14BrN3O/c1-9-7-17(13(2,3)8-18)16-11(9)12-10(14)5-4-6-15-12/h4-8H,1-3H3. The van der Waals surface area contributed by atoms with E-state index in [0.717, 1.165) is 27.7 Å². The summed E-state index contributed by atoms with van der Waals surface area (Å²) in [7, 11) is 0. The maximum Gasteiger partial charge on any atom is 0.147 e. The molecule has 18 heavy (non-hydrogen) atoms. The first-order valence-corrected chi connectivity index (χ1v) is 6.39. The Morgan fingerprint density at radius 2 is 2.11 bits per heavy atom. The van der Waals surface area contributed by atoms with Gasteiger partial charge in [0.2, 0.25) is 0 Å². The first-order chi connectivity index (χ1) is 8.45. The van der Waals surface area contributed by atoms with Crippen LogP contribution in [0, 0.1) is 6.92 Å². The van der Waals surface area contributed by atoms with Crippen LogP contribution in [0.3, 0.4) is 0 Å². The van der Waals surface area contributed by atoms with E-state index in [1.165, 1.54) is 0 Å². The van der Waals surface area contributed by atoms with E-state index >= 15 is 0 Å². The summed E-state index contributed by atoms with van der Waals surface area (Å²) in [4.78, 5) is 15.4. The maximum atomic E-state index is 11.1. The minimum atomic E-state index is -0.649. The Bertz CT molecular complexity index is 590. The molecule has 0 aliphatic heterocycles. The number of hydrogen-bond acceptors (Lipinski definition) is 3.